The number of carboxylic acid groups (broad SMARTS) is 1. The van der Waals surface area contributed by atoms with Gasteiger partial charge in [0.05, 0.1) is 18.0 Å². The highest BCUT2D eigenvalue weighted by Crippen LogP contribution is 2.32. The van der Waals surface area contributed by atoms with E-state index in [-0.39, 0.29) is 23.9 Å². The third-order valence-electron chi connectivity index (χ3n) is 5.91. The number of benzene rings is 2. The molecule has 1 amide bonds. The van der Waals surface area contributed by atoms with Crippen molar-refractivity contribution >= 4 is 17.6 Å². The Bertz CT molecular complexity index is 855. The van der Waals surface area contributed by atoms with Crippen molar-refractivity contribution in [2.24, 2.45) is 5.92 Å². The average molecular weight is 409 g/mol. The SMILES string of the molecule is CCCC(NC(=O)Cc1ccc(C(=O)O)cc1)c1ccccc1N1CCC(C)CC1. The lowest BCUT2D eigenvalue weighted by Crippen LogP contribution is -2.35. The molecule has 0 spiro atoms. The zero-order chi connectivity index (χ0) is 21.5. The first-order valence-electron chi connectivity index (χ1n) is 10.9. The van der Waals surface area contributed by atoms with Gasteiger partial charge < -0.3 is 15.3 Å². The van der Waals surface area contributed by atoms with Gasteiger partial charge in [0.1, 0.15) is 0 Å². The van der Waals surface area contributed by atoms with Gasteiger partial charge in [-0.1, -0.05) is 50.6 Å². The quantitative estimate of drug-likeness (QED) is 0.657. The van der Waals surface area contributed by atoms with Crippen LogP contribution in [-0.2, 0) is 11.2 Å². The van der Waals surface area contributed by atoms with Crippen LogP contribution in [0, 0.1) is 5.92 Å². The Labute approximate surface area is 179 Å². The summed E-state index contributed by atoms with van der Waals surface area (Å²) in [5.74, 6) is -0.233. The zero-order valence-electron chi connectivity index (χ0n) is 17.9. The number of anilines is 1. The van der Waals surface area contributed by atoms with Crippen molar-refractivity contribution < 1.29 is 14.7 Å². The fraction of sp³-hybridized carbons (Fsp3) is 0.440. The summed E-state index contributed by atoms with van der Waals surface area (Å²) in [7, 11) is 0. The summed E-state index contributed by atoms with van der Waals surface area (Å²) in [6.45, 7) is 6.56. The van der Waals surface area contributed by atoms with Crippen LogP contribution < -0.4 is 10.2 Å². The first kappa shape index (κ1) is 21.9. The van der Waals surface area contributed by atoms with Crippen molar-refractivity contribution in [3.05, 3.63) is 65.2 Å². The van der Waals surface area contributed by atoms with Gasteiger partial charge in [0.2, 0.25) is 5.91 Å². The number of hydrogen-bond donors (Lipinski definition) is 2. The lowest BCUT2D eigenvalue weighted by molar-refractivity contribution is -0.121. The summed E-state index contributed by atoms with van der Waals surface area (Å²) in [6.07, 6.45) is 4.50. The number of amides is 1. The van der Waals surface area contributed by atoms with Gasteiger partial charge in [-0.05, 0) is 54.5 Å². The third kappa shape index (κ3) is 5.62. The Balaban J connectivity index is 1.72. The van der Waals surface area contributed by atoms with Crippen molar-refractivity contribution in [3.8, 4) is 0 Å². The van der Waals surface area contributed by atoms with E-state index in [0.717, 1.165) is 37.4 Å². The van der Waals surface area contributed by atoms with Crippen LogP contribution in [0.3, 0.4) is 0 Å². The van der Waals surface area contributed by atoms with Crippen LogP contribution in [0.1, 0.15) is 67.1 Å². The van der Waals surface area contributed by atoms with E-state index >= 15 is 0 Å². The van der Waals surface area contributed by atoms with Gasteiger partial charge in [-0.2, -0.15) is 0 Å². The first-order valence-corrected chi connectivity index (χ1v) is 10.9. The summed E-state index contributed by atoms with van der Waals surface area (Å²) in [5, 5.41) is 12.3. The second-order valence-corrected chi connectivity index (χ2v) is 8.32. The smallest absolute Gasteiger partial charge is 0.335 e. The molecule has 1 fully saturated rings. The van der Waals surface area contributed by atoms with Crippen LogP contribution in [0.2, 0.25) is 0 Å². The van der Waals surface area contributed by atoms with Crippen molar-refractivity contribution in [2.45, 2.75) is 52.0 Å². The molecule has 30 heavy (non-hydrogen) atoms. The molecule has 3 rings (SSSR count). The molecule has 0 aliphatic carbocycles. The largest absolute Gasteiger partial charge is 0.478 e. The van der Waals surface area contributed by atoms with Gasteiger partial charge in [0.15, 0.2) is 0 Å². The van der Waals surface area contributed by atoms with Crippen molar-refractivity contribution in [2.75, 3.05) is 18.0 Å². The second kappa shape index (κ2) is 10.3. The fourth-order valence-corrected chi connectivity index (χ4v) is 4.11. The lowest BCUT2D eigenvalue weighted by Gasteiger charge is -2.35. The molecule has 160 valence electrons. The van der Waals surface area contributed by atoms with E-state index in [0.29, 0.717) is 0 Å². The van der Waals surface area contributed by atoms with Gasteiger partial charge in [-0.3, -0.25) is 4.79 Å². The summed E-state index contributed by atoms with van der Waals surface area (Å²) in [6, 6.07) is 14.9. The minimum atomic E-state index is -0.960. The molecule has 5 nitrogen and oxygen atoms in total. The molecule has 5 heteroatoms. The number of carbonyl (C=O) groups is 2. The molecule has 2 N–H and O–H groups in total. The molecule has 2 aromatic rings. The molecule has 0 saturated carbocycles. The van der Waals surface area contributed by atoms with Crippen LogP contribution in [-0.4, -0.2) is 30.1 Å². The molecule has 1 saturated heterocycles. The summed E-state index contributed by atoms with van der Waals surface area (Å²) < 4.78 is 0. The highest BCUT2D eigenvalue weighted by molar-refractivity contribution is 5.87. The summed E-state index contributed by atoms with van der Waals surface area (Å²) >= 11 is 0. The zero-order valence-corrected chi connectivity index (χ0v) is 17.9. The predicted molar refractivity (Wildman–Crippen MR) is 120 cm³/mol. The molecular formula is C25H32N2O3. The van der Waals surface area contributed by atoms with Crippen LogP contribution in [0.15, 0.2) is 48.5 Å². The van der Waals surface area contributed by atoms with Crippen LogP contribution >= 0.6 is 0 Å². The lowest BCUT2D eigenvalue weighted by atomic mass is 9.95. The van der Waals surface area contributed by atoms with Gasteiger partial charge in [0, 0.05) is 18.8 Å². The number of hydrogen-bond acceptors (Lipinski definition) is 3. The van der Waals surface area contributed by atoms with E-state index in [9.17, 15) is 9.59 Å². The summed E-state index contributed by atoms with van der Waals surface area (Å²) in [5.41, 5.74) is 3.45. The average Bonchev–Trinajstić information content (AvgIpc) is 2.74. The highest BCUT2D eigenvalue weighted by Gasteiger charge is 2.22. The standard InChI is InChI=1S/C25H32N2O3/c1-3-6-22(26-24(28)17-19-9-11-20(12-10-19)25(29)30)21-7-4-5-8-23(21)27-15-13-18(2)14-16-27/h4-5,7-12,18,22H,3,6,13-17H2,1-2H3,(H,26,28)(H,29,30). The van der Waals surface area contributed by atoms with Crippen LogP contribution in [0.4, 0.5) is 5.69 Å². The Morgan fingerprint density at radius 1 is 1.10 bits per heavy atom. The van der Waals surface area contributed by atoms with Crippen LogP contribution in [0.25, 0.3) is 0 Å². The van der Waals surface area contributed by atoms with E-state index in [1.807, 2.05) is 6.07 Å². The molecule has 1 unspecified atom stereocenters. The number of nitrogens with zero attached hydrogens (tertiary/aromatic N) is 1. The Kier molecular flexibility index (Phi) is 7.50. The molecule has 0 aromatic heterocycles. The maximum absolute atomic E-state index is 12.8. The number of piperidine rings is 1. The normalized spacial score (nSPS) is 15.6. The van der Waals surface area contributed by atoms with Gasteiger partial charge in [0.25, 0.3) is 0 Å². The highest BCUT2D eigenvalue weighted by atomic mass is 16.4. The predicted octanol–water partition coefficient (Wildman–Crippen LogP) is 4.82. The van der Waals surface area contributed by atoms with E-state index in [2.05, 4.69) is 42.3 Å². The molecule has 0 bridgehead atoms. The Morgan fingerprint density at radius 2 is 1.77 bits per heavy atom. The number of aromatic carboxylic acids is 1. The minimum Gasteiger partial charge on any atom is -0.478 e. The number of carbonyl (C=O) groups excluding carboxylic acids is 1. The van der Waals surface area contributed by atoms with Crippen molar-refractivity contribution in [1.82, 2.24) is 5.32 Å². The van der Waals surface area contributed by atoms with Crippen molar-refractivity contribution in [1.29, 1.82) is 0 Å². The van der Waals surface area contributed by atoms with E-state index in [1.165, 1.54) is 24.1 Å². The Morgan fingerprint density at radius 3 is 2.40 bits per heavy atom. The summed E-state index contributed by atoms with van der Waals surface area (Å²) in [4.78, 5) is 26.2. The Hall–Kier alpha value is -2.82. The molecule has 2 aromatic carbocycles. The fourth-order valence-electron chi connectivity index (χ4n) is 4.11. The van der Waals surface area contributed by atoms with Gasteiger partial charge in [-0.15, -0.1) is 0 Å². The maximum Gasteiger partial charge on any atom is 0.335 e. The topological polar surface area (TPSA) is 69.6 Å². The van der Waals surface area contributed by atoms with Gasteiger partial charge in [-0.25, -0.2) is 4.79 Å². The van der Waals surface area contributed by atoms with Gasteiger partial charge >= 0.3 is 5.97 Å². The van der Waals surface area contributed by atoms with Crippen LogP contribution in [0.5, 0.6) is 0 Å². The first-order chi connectivity index (χ1) is 14.5. The molecule has 1 aliphatic heterocycles. The molecule has 1 aliphatic rings. The number of para-hydroxylation sites is 1. The van der Waals surface area contributed by atoms with Crippen molar-refractivity contribution in [3.63, 3.8) is 0 Å². The van der Waals surface area contributed by atoms with E-state index < -0.39 is 5.97 Å². The number of rotatable bonds is 8. The monoisotopic (exact) mass is 408 g/mol. The second-order valence-electron chi connectivity index (χ2n) is 8.32. The minimum absolute atomic E-state index is 0.0312. The number of nitrogens with one attached hydrogen (secondary N) is 1. The molecular weight excluding hydrogens is 376 g/mol. The number of carboxylic acids is 1. The third-order valence-corrected chi connectivity index (χ3v) is 5.91. The maximum atomic E-state index is 12.8. The molecule has 1 atom stereocenters. The molecule has 1 heterocycles. The molecule has 0 radical (unpaired) electrons. The van der Waals surface area contributed by atoms with E-state index in [1.54, 1.807) is 24.3 Å². The van der Waals surface area contributed by atoms with E-state index in [4.69, 9.17) is 5.11 Å².